The van der Waals surface area contributed by atoms with Gasteiger partial charge in [-0.05, 0) is 41.2 Å². The van der Waals surface area contributed by atoms with Crippen molar-refractivity contribution in [3.8, 4) is 0 Å². The van der Waals surface area contributed by atoms with Gasteiger partial charge in [-0.25, -0.2) is 0 Å². The van der Waals surface area contributed by atoms with Crippen LogP contribution in [0.25, 0.3) is 10.8 Å². The summed E-state index contributed by atoms with van der Waals surface area (Å²) in [4.78, 5) is 4.55. The number of fused-ring (bicyclic) bond motifs is 2. The van der Waals surface area contributed by atoms with Crippen molar-refractivity contribution in [3.63, 3.8) is 0 Å². The Balaban J connectivity index is 0.00000180. The normalized spacial score (nSPS) is 15.5. The van der Waals surface area contributed by atoms with Crippen LogP contribution >= 0.6 is 0 Å². The summed E-state index contributed by atoms with van der Waals surface area (Å²) in [7, 11) is 0. The second kappa shape index (κ2) is 7.19. The van der Waals surface area contributed by atoms with E-state index in [1.54, 1.807) is 0 Å². The molecule has 27 heavy (non-hydrogen) atoms. The van der Waals surface area contributed by atoms with E-state index in [1.165, 1.54) is 16.5 Å². The summed E-state index contributed by atoms with van der Waals surface area (Å²) in [5.41, 5.74) is 4.51. The largest absolute Gasteiger partial charge is 0.371 e. The number of anilines is 4. The van der Waals surface area contributed by atoms with Crippen LogP contribution in [0.1, 0.15) is 0 Å². The Kier molecular flexibility index (Phi) is 4.73. The molecule has 1 aliphatic rings. The van der Waals surface area contributed by atoms with Crippen LogP contribution in [0, 0.1) is 13.0 Å². The maximum atomic E-state index is 4.49. The Morgan fingerprint density at radius 3 is 1.93 bits per heavy atom. The van der Waals surface area contributed by atoms with Gasteiger partial charge in [-0.3, -0.25) is 0 Å². The van der Waals surface area contributed by atoms with Crippen molar-refractivity contribution in [1.82, 2.24) is 0 Å². The maximum absolute atomic E-state index is 4.49. The number of benzene rings is 4. The quantitative estimate of drug-likeness (QED) is 0.292. The van der Waals surface area contributed by atoms with Gasteiger partial charge >= 0.3 is 0 Å². The van der Waals surface area contributed by atoms with Gasteiger partial charge in [0.05, 0.1) is 11.4 Å². The SMILES string of the molecule is [CH2-]C1N(c2[c-]cccc2)c2cc3ccccc3cc2N1c1ccccc1.[Ir]. The summed E-state index contributed by atoms with van der Waals surface area (Å²) in [6.45, 7) is 4.49. The first-order valence-electron chi connectivity index (χ1n) is 8.79. The smallest absolute Gasteiger partial charge is 0.0651 e. The molecule has 1 unspecified atom stereocenters. The van der Waals surface area contributed by atoms with E-state index in [4.69, 9.17) is 0 Å². The number of para-hydroxylation sites is 2. The molecule has 0 aromatic heterocycles. The van der Waals surface area contributed by atoms with Crippen molar-refractivity contribution in [2.24, 2.45) is 0 Å². The Bertz CT molecular complexity index is 977. The molecular weight excluding hydrogens is 508 g/mol. The van der Waals surface area contributed by atoms with Crippen molar-refractivity contribution >= 4 is 33.5 Å². The minimum absolute atomic E-state index is 0. The third-order valence-electron chi connectivity index (χ3n) is 4.94. The monoisotopic (exact) mass is 527 g/mol. The standard InChI is InChI=1S/C24H18N2.Ir/c1-18-25(21-12-4-2-5-13-21)23-16-19-10-8-9-11-20(19)17-24(23)26(18)22-14-6-3-7-15-22;/h2-14,16-18H,1H2;/q-2;. The molecule has 3 heteroatoms. The van der Waals surface area contributed by atoms with Gasteiger partial charge in [-0.1, -0.05) is 48.2 Å². The predicted octanol–water partition coefficient (Wildman–Crippen LogP) is 6.09. The average Bonchev–Trinajstić information content (AvgIpc) is 2.98. The third kappa shape index (κ3) is 2.93. The first-order valence-corrected chi connectivity index (χ1v) is 8.79. The molecule has 0 amide bonds. The number of hydrogen-bond donors (Lipinski definition) is 0. The molecule has 4 aromatic rings. The van der Waals surface area contributed by atoms with Gasteiger partial charge in [0.15, 0.2) is 0 Å². The van der Waals surface area contributed by atoms with Gasteiger partial charge in [0.2, 0.25) is 0 Å². The van der Waals surface area contributed by atoms with Crippen LogP contribution in [-0.4, -0.2) is 6.17 Å². The molecule has 0 bridgehead atoms. The fourth-order valence-electron chi connectivity index (χ4n) is 3.76. The first kappa shape index (κ1) is 17.8. The van der Waals surface area contributed by atoms with Crippen molar-refractivity contribution in [1.29, 1.82) is 0 Å². The van der Waals surface area contributed by atoms with Crippen LogP contribution in [0.2, 0.25) is 0 Å². The predicted molar refractivity (Wildman–Crippen MR) is 109 cm³/mol. The molecule has 135 valence electrons. The maximum Gasteiger partial charge on any atom is 0.0651 e. The summed E-state index contributed by atoms with van der Waals surface area (Å²) in [6.07, 6.45) is -0.0807. The van der Waals surface area contributed by atoms with Crippen LogP contribution in [0.3, 0.4) is 0 Å². The van der Waals surface area contributed by atoms with Crippen LogP contribution < -0.4 is 9.80 Å². The fraction of sp³-hybridized carbons (Fsp3) is 0.0417. The minimum atomic E-state index is -0.0807. The van der Waals surface area contributed by atoms with E-state index in [0.29, 0.717) is 0 Å². The van der Waals surface area contributed by atoms with Crippen molar-refractivity contribution in [2.45, 2.75) is 6.17 Å². The van der Waals surface area contributed by atoms with Crippen LogP contribution in [0.4, 0.5) is 22.7 Å². The summed E-state index contributed by atoms with van der Waals surface area (Å²) >= 11 is 0. The Morgan fingerprint density at radius 2 is 1.30 bits per heavy atom. The molecule has 0 aliphatic carbocycles. The summed E-state index contributed by atoms with van der Waals surface area (Å²) in [5.74, 6) is 0. The Morgan fingerprint density at radius 1 is 0.704 bits per heavy atom. The van der Waals surface area contributed by atoms with Crippen molar-refractivity contribution in [3.05, 3.63) is 104 Å². The molecule has 0 spiro atoms. The zero-order valence-electron chi connectivity index (χ0n) is 14.7. The van der Waals surface area contributed by atoms with Gasteiger partial charge in [0, 0.05) is 25.8 Å². The van der Waals surface area contributed by atoms with E-state index < -0.39 is 0 Å². The molecule has 4 aromatic carbocycles. The minimum Gasteiger partial charge on any atom is -0.371 e. The molecule has 0 N–H and O–H groups in total. The number of rotatable bonds is 2. The van der Waals surface area contributed by atoms with E-state index in [-0.39, 0.29) is 26.3 Å². The molecule has 5 rings (SSSR count). The molecule has 2 nitrogen and oxygen atoms in total. The summed E-state index contributed by atoms with van der Waals surface area (Å²) in [6, 6.07) is 34.9. The molecular formula is C24H18IrN2-2. The number of hydrogen-bond acceptors (Lipinski definition) is 2. The van der Waals surface area contributed by atoms with E-state index >= 15 is 0 Å². The van der Waals surface area contributed by atoms with Crippen LogP contribution in [-0.2, 0) is 20.1 Å². The van der Waals surface area contributed by atoms with Crippen molar-refractivity contribution < 1.29 is 20.1 Å². The fourth-order valence-corrected chi connectivity index (χ4v) is 3.76. The van der Waals surface area contributed by atoms with E-state index in [1.807, 2.05) is 24.3 Å². The molecule has 1 heterocycles. The van der Waals surface area contributed by atoms with Crippen LogP contribution in [0.15, 0.2) is 91.0 Å². The second-order valence-corrected chi connectivity index (χ2v) is 6.49. The molecule has 0 saturated carbocycles. The zero-order valence-corrected chi connectivity index (χ0v) is 17.1. The van der Waals surface area contributed by atoms with Gasteiger partial charge in [-0.15, -0.1) is 6.07 Å². The van der Waals surface area contributed by atoms with E-state index in [9.17, 15) is 0 Å². The second-order valence-electron chi connectivity index (χ2n) is 6.49. The zero-order chi connectivity index (χ0) is 17.5. The van der Waals surface area contributed by atoms with Gasteiger partial charge < -0.3 is 16.7 Å². The topological polar surface area (TPSA) is 6.48 Å². The Labute approximate surface area is 173 Å². The van der Waals surface area contributed by atoms with Gasteiger partial charge in [0.1, 0.15) is 0 Å². The van der Waals surface area contributed by atoms with E-state index in [2.05, 4.69) is 89.5 Å². The molecule has 0 saturated heterocycles. The molecule has 1 aliphatic heterocycles. The van der Waals surface area contributed by atoms with Crippen LogP contribution in [0.5, 0.6) is 0 Å². The van der Waals surface area contributed by atoms with Gasteiger partial charge in [-0.2, -0.15) is 24.3 Å². The van der Waals surface area contributed by atoms with Crippen molar-refractivity contribution in [2.75, 3.05) is 9.80 Å². The molecule has 1 radical (unpaired) electrons. The summed E-state index contributed by atoms with van der Waals surface area (Å²) < 4.78 is 0. The number of nitrogens with zero attached hydrogens (tertiary/aromatic N) is 2. The van der Waals surface area contributed by atoms with E-state index in [0.717, 1.165) is 17.1 Å². The van der Waals surface area contributed by atoms with Gasteiger partial charge in [0.25, 0.3) is 0 Å². The molecule has 1 atom stereocenters. The average molecular weight is 527 g/mol. The third-order valence-corrected chi connectivity index (χ3v) is 4.94. The molecule has 0 fully saturated rings. The summed E-state index contributed by atoms with van der Waals surface area (Å²) in [5, 5.41) is 2.47. The first-order chi connectivity index (χ1) is 12.8. The Hall–Kier alpha value is -2.61.